The summed E-state index contributed by atoms with van der Waals surface area (Å²) in [5.41, 5.74) is 2.78. The van der Waals surface area contributed by atoms with E-state index in [2.05, 4.69) is 34.6 Å². The van der Waals surface area contributed by atoms with E-state index in [4.69, 9.17) is 0 Å². The van der Waals surface area contributed by atoms with E-state index in [9.17, 15) is 0 Å². The largest absolute Gasteiger partial charge is 0.361 e. The Labute approximate surface area is 96.1 Å². The SMILES string of the molecule is c1cc(CC2CCNCC2)c2cc[nH]c2c1. The Balaban J connectivity index is 1.85. The number of nitrogens with one attached hydrogen (secondary N) is 2. The molecule has 3 rings (SSSR count). The molecule has 0 saturated carbocycles. The molecule has 2 heterocycles. The number of H-pyrrole nitrogens is 1. The summed E-state index contributed by atoms with van der Waals surface area (Å²) in [4.78, 5) is 3.28. The minimum absolute atomic E-state index is 0.863. The smallest absolute Gasteiger partial charge is 0.0456 e. The van der Waals surface area contributed by atoms with Gasteiger partial charge in [-0.2, -0.15) is 0 Å². The maximum Gasteiger partial charge on any atom is 0.0456 e. The summed E-state index contributed by atoms with van der Waals surface area (Å²) in [6.07, 6.45) is 5.91. The molecular weight excluding hydrogens is 196 g/mol. The third-order valence-corrected chi connectivity index (χ3v) is 3.65. The van der Waals surface area contributed by atoms with Crippen molar-refractivity contribution in [2.75, 3.05) is 13.1 Å². The predicted octanol–water partition coefficient (Wildman–Crippen LogP) is 2.71. The molecule has 0 amide bonds. The minimum Gasteiger partial charge on any atom is -0.361 e. The lowest BCUT2D eigenvalue weighted by molar-refractivity contribution is 0.373. The molecular formula is C14H18N2. The van der Waals surface area contributed by atoms with E-state index >= 15 is 0 Å². The molecule has 1 aliphatic heterocycles. The van der Waals surface area contributed by atoms with Crippen molar-refractivity contribution in [1.29, 1.82) is 0 Å². The van der Waals surface area contributed by atoms with E-state index < -0.39 is 0 Å². The van der Waals surface area contributed by atoms with Gasteiger partial charge in [-0.05, 0) is 56.0 Å². The summed E-state index contributed by atoms with van der Waals surface area (Å²) in [6.45, 7) is 2.38. The van der Waals surface area contributed by atoms with Crippen LogP contribution in [-0.2, 0) is 6.42 Å². The Morgan fingerprint density at radius 3 is 2.88 bits per heavy atom. The molecule has 1 aromatic heterocycles. The lowest BCUT2D eigenvalue weighted by atomic mass is 9.90. The van der Waals surface area contributed by atoms with Gasteiger partial charge in [0.05, 0.1) is 0 Å². The molecule has 0 atom stereocenters. The highest BCUT2D eigenvalue weighted by Gasteiger charge is 2.14. The number of aromatic amines is 1. The van der Waals surface area contributed by atoms with Gasteiger partial charge in [0.25, 0.3) is 0 Å². The molecule has 0 radical (unpaired) electrons. The van der Waals surface area contributed by atoms with Gasteiger partial charge >= 0.3 is 0 Å². The van der Waals surface area contributed by atoms with Crippen LogP contribution in [-0.4, -0.2) is 18.1 Å². The van der Waals surface area contributed by atoms with Gasteiger partial charge < -0.3 is 10.3 Å². The van der Waals surface area contributed by atoms with Crippen LogP contribution in [0.1, 0.15) is 18.4 Å². The van der Waals surface area contributed by atoms with Crippen LogP contribution in [0.4, 0.5) is 0 Å². The summed E-state index contributed by atoms with van der Waals surface area (Å²) in [6, 6.07) is 8.79. The number of hydrogen-bond donors (Lipinski definition) is 2. The zero-order valence-electron chi connectivity index (χ0n) is 9.50. The number of aromatic nitrogens is 1. The van der Waals surface area contributed by atoms with Crippen LogP contribution in [0.2, 0.25) is 0 Å². The summed E-state index contributed by atoms with van der Waals surface area (Å²) in [5.74, 6) is 0.863. The fourth-order valence-electron chi connectivity index (χ4n) is 2.73. The Kier molecular flexibility index (Phi) is 2.66. The zero-order chi connectivity index (χ0) is 10.8. The van der Waals surface area contributed by atoms with Gasteiger partial charge in [0.2, 0.25) is 0 Å². The van der Waals surface area contributed by atoms with Gasteiger partial charge in [-0.3, -0.25) is 0 Å². The zero-order valence-corrected chi connectivity index (χ0v) is 9.50. The van der Waals surface area contributed by atoms with Crippen molar-refractivity contribution in [3.63, 3.8) is 0 Å². The molecule has 0 bridgehead atoms. The molecule has 2 nitrogen and oxygen atoms in total. The van der Waals surface area contributed by atoms with Gasteiger partial charge in [0.1, 0.15) is 0 Å². The molecule has 2 aromatic rings. The first-order valence-electron chi connectivity index (χ1n) is 6.19. The second kappa shape index (κ2) is 4.30. The van der Waals surface area contributed by atoms with Crippen LogP contribution in [0.25, 0.3) is 10.9 Å². The first-order chi connectivity index (χ1) is 7.93. The lowest BCUT2D eigenvalue weighted by Crippen LogP contribution is -2.28. The highest BCUT2D eigenvalue weighted by atomic mass is 14.9. The van der Waals surface area contributed by atoms with E-state index in [0.29, 0.717) is 0 Å². The normalized spacial score (nSPS) is 18.0. The molecule has 0 unspecified atom stereocenters. The summed E-state index contributed by atoms with van der Waals surface area (Å²) in [7, 11) is 0. The molecule has 1 aliphatic rings. The summed E-state index contributed by atoms with van der Waals surface area (Å²) in [5, 5.41) is 4.83. The van der Waals surface area contributed by atoms with Gasteiger partial charge in [0, 0.05) is 17.1 Å². The van der Waals surface area contributed by atoms with Crippen molar-refractivity contribution in [3.8, 4) is 0 Å². The molecule has 2 N–H and O–H groups in total. The Bertz CT molecular complexity index is 466. The molecule has 84 valence electrons. The van der Waals surface area contributed by atoms with Crippen molar-refractivity contribution in [1.82, 2.24) is 10.3 Å². The first kappa shape index (κ1) is 9.91. The topological polar surface area (TPSA) is 27.8 Å². The lowest BCUT2D eigenvalue weighted by Gasteiger charge is -2.22. The van der Waals surface area contributed by atoms with Crippen LogP contribution >= 0.6 is 0 Å². The van der Waals surface area contributed by atoms with Crippen LogP contribution < -0.4 is 5.32 Å². The van der Waals surface area contributed by atoms with Gasteiger partial charge in [0.15, 0.2) is 0 Å². The second-order valence-electron chi connectivity index (χ2n) is 4.75. The van der Waals surface area contributed by atoms with E-state index in [-0.39, 0.29) is 0 Å². The fourth-order valence-corrected chi connectivity index (χ4v) is 2.73. The standard InChI is InChI=1S/C14H18N2/c1-2-12(10-11-4-7-15-8-5-11)13-6-9-16-14(13)3-1/h1-3,6,9,11,15-16H,4-5,7-8,10H2. The monoisotopic (exact) mass is 214 g/mol. The van der Waals surface area contributed by atoms with Gasteiger partial charge in [-0.25, -0.2) is 0 Å². The Morgan fingerprint density at radius 2 is 2.00 bits per heavy atom. The van der Waals surface area contributed by atoms with E-state index in [1.165, 1.54) is 48.8 Å². The molecule has 2 heteroatoms. The summed E-state index contributed by atoms with van der Waals surface area (Å²) < 4.78 is 0. The Hall–Kier alpha value is -1.28. The number of piperidine rings is 1. The number of benzene rings is 1. The third-order valence-electron chi connectivity index (χ3n) is 3.65. The second-order valence-corrected chi connectivity index (χ2v) is 4.75. The van der Waals surface area contributed by atoms with Crippen molar-refractivity contribution in [2.45, 2.75) is 19.3 Å². The highest BCUT2D eigenvalue weighted by Crippen LogP contribution is 2.23. The van der Waals surface area contributed by atoms with Crippen LogP contribution in [0.5, 0.6) is 0 Å². The van der Waals surface area contributed by atoms with Crippen molar-refractivity contribution < 1.29 is 0 Å². The number of hydrogen-bond acceptors (Lipinski definition) is 1. The maximum absolute atomic E-state index is 3.43. The van der Waals surface area contributed by atoms with E-state index in [1.807, 2.05) is 6.20 Å². The maximum atomic E-state index is 3.43. The minimum atomic E-state index is 0.863. The van der Waals surface area contributed by atoms with E-state index in [1.54, 1.807) is 0 Å². The van der Waals surface area contributed by atoms with Crippen LogP contribution in [0, 0.1) is 5.92 Å². The van der Waals surface area contributed by atoms with Crippen molar-refractivity contribution in [2.24, 2.45) is 5.92 Å². The number of fused-ring (bicyclic) bond motifs is 1. The van der Waals surface area contributed by atoms with Gasteiger partial charge in [-0.15, -0.1) is 0 Å². The van der Waals surface area contributed by atoms with Gasteiger partial charge in [-0.1, -0.05) is 12.1 Å². The fraction of sp³-hybridized carbons (Fsp3) is 0.429. The number of rotatable bonds is 2. The molecule has 0 spiro atoms. The summed E-state index contributed by atoms with van der Waals surface area (Å²) >= 11 is 0. The average Bonchev–Trinajstić information content (AvgIpc) is 2.80. The first-order valence-corrected chi connectivity index (χ1v) is 6.19. The molecule has 16 heavy (non-hydrogen) atoms. The highest BCUT2D eigenvalue weighted by molar-refractivity contribution is 5.82. The van der Waals surface area contributed by atoms with E-state index in [0.717, 1.165) is 5.92 Å². The van der Waals surface area contributed by atoms with Crippen LogP contribution in [0.15, 0.2) is 30.5 Å². The quantitative estimate of drug-likeness (QED) is 0.790. The van der Waals surface area contributed by atoms with Crippen LogP contribution in [0.3, 0.4) is 0 Å². The van der Waals surface area contributed by atoms with Crippen molar-refractivity contribution >= 4 is 10.9 Å². The molecule has 1 aromatic carbocycles. The average molecular weight is 214 g/mol. The molecule has 1 saturated heterocycles. The Morgan fingerprint density at radius 1 is 1.12 bits per heavy atom. The third kappa shape index (κ3) is 1.85. The molecule has 0 aliphatic carbocycles. The predicted molar refractivity (Wildman–Crippen MR) is 67.6 cm³/mol. The van der Waals surface area contributed by atoms with Crippen molar-refractivity contribution in [3.05, 3.63) is 36.0 Å². The molecule has 1 fully saturated rings.